The van der Waals surface area contributed by atoms with E-state index in [1.807, 2.05) is 37.0 Å². The van der Waals surface area contributed by atoms with Gasteiger partial charge in [0.25, 0.3) is 0 Å². The van der Waals surface area contributed by atoms with Crippen LogP contribution in [0, 0.1) is 0 Å². The highest BCUT2D eigenvalue weighted by molar-refractivity contribution is 8.00. The average Bonchev–Trinajstić information content (AvgIpc) is 2.71. The van der Waals surface area contributed by atoms with Crippen molar-refractivity contribution in [1.82, 2.24) is 5.32 Å². The Kier molecular flexibility index (Phi) is 4.49. The van der Waals surface area contributed by atoms with Gasteiger partial charge in [0.1, 0.15) is 11.3 Å². The molecule has 1 N–H and O–H groups in total. The molecule has 1 atom stereocenters. The lowest BCUT2D eigenvalue weighted by atomic mass is 10.2. The Morgan fingerprint density at radius 2 is 2.05 bits per heavy atom. The zero-order valence-electron chi connectivity index (χ0n) is 11.8. The van der Waals surface area contributed by atoms with E-state index < -0.39 is 0 Å². The van der Waals surface area contributed by atoms with E-state index in [0.29, 0.717) is 0 Å². The molecule has 1 aromatic carbocycles. The van der Waals surface area contributed by atoms with Gasteiger partial charge in [0.05, 0.1) is 6.04 Å². The van der Waals surface area contributed by atoms with Crippen LogP contribution in [0.2, 0.25) is 5.02 Å². The summed E-state index contributed by atoms with van der Waals surface area (Å²) >= 11 is 7.93. The molecule has 1 heterocycles. The van der Waals surface area contributed by atoms with Crippen LogP contribution in [0.15, 0.2) is 28.7 Å². The smallest absolute Gasteiger partial charge is 0.134 e. The van der Waals surface area contributed by atoms with Crippen molar-refractivity contribution in [2.45, 2.75) is 31.6 Å². The summed E-state index contributed by atoms with van der Waals surface area (Å²) in [5, 5.41) is 5.12. The van der Waals surface area contributed by atoms with Crippen LogP contribution in [0.1, 0.15) is 32.6 Å². The van der Waals surface area contributed by atoms with Gasteiger partial charge in [-0.25, -0.2) is 0 Å². The van der Waals surface area contributed by atoms with Crippen molar-refractivity contribution in [3.8, 4) is 0 Å². The number of hydrogen-bond donors (Lipinski definition) is 1. The molecule has 2 rings (SSSR count). The summed E-state index contributed by atoms with van der Waals surface area (Å²) in [5.41, 5.74) is 0.889. The third kappa shape index (κ3) is 3.91. The van der Waals surface area contributed by atoms with Crippen LogP contribution in [0.3, 0.4) is 0 Å². The first-order valence-corrected chi connectivity index (χ1v) is 7.75. The van der Waals surface area contributed by atoms with Crippen molar-refractivity contribution in [3.63, 3.8) is 0 Å². The Balaban J connectivity index is 2.20. The third-order valence-electron chi connectivity index (χ3n) is 2.87. The molecule has 2 nitrogen and oxygen atoms in total. The van der Waals surface area contributed by atoms with E-state index in [0.717, 1.165) is 27.5 Å². The molecule has 0 amide bonds. The summed E-state index contributed by atoms with van der Waals surface area (Å²) in [7, 11) is 1.97. The number of rotatable bonds is 4. The van der Waals surface area contributed by atoms with Gasteiger partial charge in [-0.15, -0.1) is 0 Å². The molecule has 0 radical (unpaired) electrons. The molecule has 0 saturated carbocycles. The first-order chi connectivity index (χ1) is 8.89. The zero-order chi connectivity index (χ0) is 14.0. The highest BCUT2D eigenvalue weighted by Gasteiger charge is 2.19. The van der Waals surface area contributed by atoms with E-state index in [1.165, 1.54) is 0 Å². The topological polar surface area (TPSA) is 25.2 Å². The highest BCUT2D eigenvalue weighted by atomic mass is 35.5. The number of halogens is 1. The van der Waals surface area contributed by atoms with Crippen LogP contribution in [-0.2, 0) is 0 Å². The molecule has 4 heteroatoms. The van der Waals surface area contributed by atoms with Gasteiger partial charge in [-0.3, -0.25) is 0 Å². The number of furan rings is 1. The van der Waals surface area contributed by atoms with E-state index in [2.05, 4.69) is 32.2 Å². The van der Waals surface area contributed by atoms with Crippen molar-refractivity contribution in [2.75, 3.05) is 12.8 Å². The van der Waals surface area contributed by atoms with Crippen molar-refractivity contribution in [3.05, 3.63) is 35.0 Å². The van der Waals surface area contributed by atoms with E-state index >= 15 is 0 Å². The molecule has 0 bridgehead atoms. The summed E-state index contributed by atoms with van der Waals surface area (Å²) in [6.07, 6.45) is 0. The second kappa shape index (κ2) is 5.78. The Morgan fingerprint density at radius 1 is 1.32 bits per heavy atom. The second-order valence-corrected chi connectivity index (χ2v) is 7.88. The van der Waals surface area contributed by atoms with Crippen LogP contribution in [0.4, 0.5) is 0 Å². The van der Waals surface area contributed by atoms with Gasteiger partial charge in [0, 0.05) is 20.9 Å². The molecule has 1 aromatic heterocycles. The van der Waals surface area contributed by atoms with Crippen LogP contribution >= 0.6 is 23.4 Å². The van der Waals surface area contributed by atoms with Crippen molar-refractivity contribution in [1.29, 1.82) is 0 Å². The van der Waals surface area contributed by atoms with Gasteiger partial charge in [0.15, 0.2) is 0 Å². The molecule has 1 unspecified atom stereocenters. The maximum Gasteiger partial charge on any atom is 0.134 e. The highest BCUT2D eigenvalue weighted by Crippen LogP contribution is 2.31. The largest absolute Gasteiger partial charge is 0.459 e. The quantitative estimate of drug-likeness (QED) is 0.871. The normalized spacial score (nSPS) is 13.9. The molecular weight excluding hydrogens is 278 g/mol. The Bertz CT molecular complexity index is 559. The lowest BCUT2D eigenvalue weighted by Crippen LogP contribution is -2.21. The molecule has 0 spiro atoms. The standard InChI is InChI=1S/C15H20ClNOS/c1-15(2,3)19-9-12(17-4)14-8-10-7-11(16)5-6-13(10)18-14/h5-8,12,17H,9H2,1-4H3. The van der Waals surface area contributed by atoms with Gasteiger partial charge in [-0.2, -0.15) is 11.8 Å². The zero-order valence-corrected chi connectivity index (χ0v) is 13.4. The number of benzene rings is 1. The van der Waals surface area contributed by atoms with Gasteiger partial charge >= 0.3 is 0 Å². The molecule has 0 fully saturated rings. The first kappa shape index (κ1) is 14.8. The maximum absolute atomic E-state index is 6.00. The fourth-order valence-electron chi connectivity index (χ4n) is 1.85. The summed E-state index contributed by atoms with van der Waals surface area (Å²) in [6, 6.07) is 8.01. The SMILES string of the molecule is CNC(CSC(C)(C)C)c1cc2cc(Cl)ccc2o1. The Hall–Kier alpha value is -0.640. The predicted octanol–water partition coefficient (Wildman–Crippen LogP) is 4.88. The summed E-state index contributed by atoms with van der Waals surface area (Å²) in [5.74, 6) is 1.95. The van der Waals surface area contributed by atoms with Gasteiger partial charge < -0.3 is 9.73 Å². The molecule has 0 aliphatic carbocycles. The van der Waals surface area contributed by atoms with E-state index in [4.69, 9.17) is 16.0 Å². The summed E-state index contributed by atoms with van der Waals surface area (Å²) < 4.78 is 6.16. The number of hydrogen-bond acceptors (Lipinski definition) is 3. The van der Waals surface area contributed by atoms with Crippen molar-refractivity contribution < 1.29 is 4.42 Å². The van der Waals surface area contributed by atoms with E-state index in [9.17, 15) is 0 Å². The number of thioether (sulfide) groups is 1. The van der Waals surface area contributed by atoms with Gasteiger partial charge in [-0.05, 0) is 31.3 Å². The number of nitrogens with one attached hydrogen (secondary N) is 1. The molecule has 2 aromatic rings. The lowest BCUT2D eigenvalue weighted by molar-refractivity contribution is 0.478. The molecule has 0 saturated heterocycles. The fourth-order valence-corrected chi connectivity index (χ4v) is 3.03. The summed E-state index contributed by atoms with van der Waals surface area (Å²) in [4.78, 5) is 0. The lowest BCUT2D eigenvalue weighted by Gasteiger charge is -2.21. The first-order valence-electron chi connectivity index (χ1n) is 6.39. The maximum atomic E-state index is 6.00. The summed E-state index contributed by atoms with van der Waals surface area (Å²) in [6.45, 7) is 6.67. The Morgan fingerprint density at radius 3 is 2.68 bits per heavy atom. The molecule has 0 aliphatic heterocycles. The molecule has 19 heavy (non-hydrogen) atoms. The predicted molar refractivity (Wildman–Crippen MR) is 85.2 cm³/mol. The van der Waals surface area contributed by atoms with E-state index in [-0.39, 0.29) is 10.8 Å². The van der Waals surface area contributed by atoms with Crippen LogP contribution in [-0.4, -0.2) is 17.5 Å². The van der Waals surface area contributed by atoms with Crippen molar-refractivity contribution >= 4 is 34.3 Å². The van der Waals surface area contributed by atoms with Gasteiger partial charge in [-0.1, -0.05) is 32.4 Å². The second-order valence-electron chi connectivity index (χ2n) is 5.60. The van der Waals surface area contributed by atoms with Crippen LogP contribution in [0.5, 0.6) is 0 Å². The van der Waals surface area contributed by atoms with Crippen LogP contribution < -0.4 is 5.32 Å². The fraction of sp³-hybridized carbons (Fsp3) is 0.467. The monoisotopic (exact) mass is 297 g/mol. The average molecular weight is 298 g/mol. The Labute approximate surface area is 123 Å². The van der Waals surface area contributed by atoms with Gasteiger partial charge in [0.2, 0.25) is 0 Å². The minimum atomic E-state index is 0.218. The molecule has 0 aliphatic rings. The minimum Gasteiger partial charge on any atom is -0.459 e. The third-order valence-corrected chi connectivity index (χ3v) is 4.47. The van der Waals surface area contributed by atoms with Crippen LogP contribution in [0.25, 0.3) is 11.0 Å². The minimum absolute atomic E-state index is 0.218. The molecule has 104 valence electrons. The number of fused-ring (bicyclic) bond motifs is 1. The molecular formula is C15H20ClNOS. The van der Waals surface area contributed by atoms with Crippen molar-refractivity contribution in [2.24, 2.45) is 0 Å². The van der Waals surface area contributed by atoms with E-state index in [1.54, 1.807) is 0 Å².